The van der Waals surface area contributed by atoms with Crippen LogP contribution in [-0.4, -0.2) is 24.6 Å². The maximum Gasteiger partial charge on any atom is 0.186 e. The lowest BCUT2D eigenvalue weighted by molar-refractivity contribution is 0.314. The minimum atomic E-state index is -3.43. The molecule has 98 valence electrons. The first-order chi connectivity index (χ1) is 8.55. The first-order valence-electron chi connectivity index (χ1n) is 6.07. The van der Waals surface area contributed by atoms with Crippen molar-refractivity contribution in [1.82, 2.24) is 0 Å². The van der Waals surface area contributed by atoms with Crippen molar-refractivity contribution in [2.24, 2.45) is 5.16 Å². The van der Waals surface area contributed by atoms with Gasteiger partial charge in [-0.2, -0.15) is 0 Å². The number of rotatable bonds is 2. The fourth-order valence-electron chi connectivity index (χ4n) is 2.30. The molecule has 1 aromatic carbocycles. The van der Waals surface area contributed by atoms with Crippen LogP contribution in [0.4, 0.5) is 0 Å². The SMILES string of the molecule is Cc1ccc(S(=O)(=O)C2CCCC/C2=N/O)cc1. The largest absolute Gasteiger partial charge is 0.411 e. The zero-order valence-corrected chi connectivity index (χ0v) is 11.2. The highest BCUT2D eigenvalue weighted by Gasteiger charge is 2.34. The van der Waals surface area contributed by atoms with Crippen molar-refractivity contribution in [2.45, 2.75) is 42.8 Å². The van der Waals surface area contributed by atoms with Crippen molar-refractivity contribution < 1.29 is 13.6 Å². The Morgan fingerprint density at radius 1 is 1.22 bits per heavy atom. The van der Waals surface area contributed by atoms with Crippen molar-refractivity contribution >= 4 is 15.5 Å². The lowest BCUT2D eigenvalue weighted by Gasteiger charge is -2.23. The number of sulfone groups is 1. The van der Waals surface area contributed by atoms with E-state index < -0.39 is 15.1 Å². The Morgan fingerprint density at radius 3 is 2.50 bits per heavy atom. The molecule has 0 heterocycles. The molecule has 4 nitrogen and oxygen atoms in total. The molecule has 0 spiro atoms. The standard InChI is InChI=1S/C13H17NO3S/c1-10-6-8-11(9-7-10)18(16,17)13-5-3-2-4-12(13)14-15/h6-9,13,15H,2-5H2,1H3/b14-12-. The lowest BCUT2D eigenvalue weighted by Crippen LogP contribution is -2.33. The van der Waals surface area contributed by atoms with Crippen LogP contribution in [0, 0.1) is 6.92 Å². The summed E-state index contributed by atoms with van der Waals surface area (Å²) in [6.07, 6.45) is 2.84. The van der Waals surface area contributed by atoms with Crippen LogP contribution in [0.5, 0.6) is 0 Å². The van der Waals surface area contributed by atoms with Gasteiger partial charge >= 0.3 is 0 Å². The van der Waals surface area contributed by atoms with Gasteiger partial charge in [-0.05, 0) is 38.3 Å². The van der Waals surface area contributed by atoms with Crippen LogP contribution in [0.3, 0.4) is 0 Å². The molecule has 1 N–H and O–H groups in total. The fraction of sp³-hybridized carbons (Fsp3) is 0.462. The first-order valence-corrected chi connectivity index (χ1v) is 7.61. The van der Waals surface area contributed by atoms with Gasteiger partial charge in [0.15, 0.2) is 9.84 Å². The van der Waals surface area contributed by atoms with E-state index in [4.69, 9.17) is 5.21 Å². The summed E-state index contributed by atoms with van der Waals surface area (Å²) in [5.74, 6) is 0. The molecular formula is C13H17NO3S. The van der Waals surface area contributed by atoms with Crippen molar-refractivity contribution in [3.63, 3.8) is 0 Å². The third-order valence-corrected chi connectivity index (χ3v) is 5.56. The molecule has 1 aromatic rings. The summed E-state index contributed by atoms with van der Waals surface area (Å²) in [6.45, 7) is 1.91. The van der Waals surface area contributed by atoms with Crippen LogP contribution >= 0.6 is 0 Å². The molecule has 0 aromatic heterocycles. The van der Waals surface area contributed by atoms with E-state index >= 15 is 0 Å². The number of hydrogen-bond acceptors (Lipinski definition) is 4. The third kappa shape index (κ3) is 2.41. The Balaban J connectivity index is 2.38. The smallest absolute Gasteiger partial charge is 0.186 e. The van der Waals surface area contributed by atoms with Crippen LogP contribution < -0.4 is 0 Å². The molecule has 1 unspecified atom stereocenters. The quantitative estimate of drug-likeness (QED) is 0.661. The Hall–Kier alpha value is -1.36. The van der Waals surface area contributed by atoms with Gasteiger partial charge in [-0.1, -0.05) is 29.3 Å². The number of hydrogen-bond donors (Lipinski definition) is 1. The maximum atomic E-state index is 12.5. The summed E-state index contributed by atoms with van der Waals surface area (Å²) in [4.78, 5) is 0.307. The molecule has 18 heavy (non-hydrogen) atoms. The molecule has 0 amide bonds. The molecule has 1 aliphatic carbocycles. The lowest BCUT2D eigenvalue weighted by atomic mass is 9.98. The van der Waals surface area contributed by atoms with Crippen LogP contribution in [0.1, 0.15) is 31.2 Å². The van der Waals surface area contributed by atoms with Crippen LogP contribution in [-0.2, 0) is 9.84 Å². The number of aryl methyl sites for hydroxylation is 1. The van der Waals surface area contributed by atoms with Gasteiger partial charge in [0.1, 0.15) is 5.25 Å². The Morgan fingerprint density at radius 2 is 1.89 bits per heavy atom. The van der Waals surface area contributed by atoms with Gasteiger partial charge in [-0.25, -0.2) is 8.42 Å². The molecule has 1 atom stereocenters. The highest BCUT2D eigenvalue weighted by molar-refractivity contribution is 7.92. The molecule has 1 aliphatic rings. The Labute approximate surface area is 107 Å². The molecule has 2 rings (SSSR count). The summed E-state index contributed by atoms with van der Waals surface area (Å²) in [7, 11) is -3.43. The Kier molecular flexibility index (Phi) is 3.71. The summed E-state index contributed by atoms with van der Waals surface area (Å²) in [6, 6.07) is 6.81. The van der Waals surface area contributed by atoms with E-state index in [1.54, 1.807) is 24.3 Å². The predicted molar refractivity (Wildman–Crippen MR) is 69.8 cm³/mol. The molecule has 1 saturated carbocycles. The molecule has 1 fully saturated rings. The minimum absolute atomic E-state index is 0.307. The number of benzene rings is 1. The average Bonchev–Trinajstić information content (AvgIpc) is 2.39. The van der Waals surface area contributed by atoms with Crippen molar-refractivity contribution in [3.05, 3.63) is 29.8 Å². The van der Waals surface area contributed by atoms with Gasteiger partial charge in [0.25, 0.3) is 0 Å². The van der Waals surface area contributed by atoms with Crippen molar-refractivity contribution in [1.29, 1.82) is 0 Å². The summed E-state index contributed by atoms with van der Waals surface area (Å²) in [5.41, 5.74) is 1.41. The molecule has 0 radical (unpaired) electrons. The van der Waals surface area contributed by atoms with Crippen LogP contribution in [0.15, 0.2) is 34.3 Å². The number of nitrogens with zero attached hydrogens (tertiary/aromatic N) is 1. The van der Waals surface area contributed by atoms with Gasteiger partial charge in [0, 0.05) is 0 Å². The average molecular weight is 267 g/mol. The van der Waals surface area contributed by atoms with E-state index in [0.29, 0.717) is 23.4 Å². The third-order valence-electron chi connectivity index (χ3n) is 3.37. The van der Waals surface area contributed by atoms with Crippen molar-refractivity contribution in [2.75, 3.05) is 0 Å². The number of oxime groups is 1. The Bertz CT molecular complexity index is 546. The van der Waals surface area contributed by atoms with Gasteiger partial charge in [-0.15, -0.1) is 0 Å². The highest BCUT2D eigenvalue weighted by Crippen LogP contribution is 2.27. The molecule has 5 heteroatoms. The van der Waals surface area contributed by atoms with Gasteiger partial charge < -0.3 is 5.21 Å². The van der Waals surface area contributed by atoms with Gasteiger partial charge in [0.2, 0.25) is 0 Å². The first kappa shape index (κ1) is 13.1. The van der Waals surface area contributed by atoms with E-state index in [1.165, 1.54) is 0 Å². The second-order valence-corrected chi connectivity index (χ2v) is 6.81. The zero-order valence-electron chi connectivity index (χ0n) is 10.3. The topological polar surface area (TPSA) is 66.7 Å². The van der Waals surface area contributed by atoms with Crippen molar-refractivity contribution in [3.8, 4) is 0 Å². The zero-order chi connectivity index (χ0) is 13.2. The normalized spacial score (nSPS) is 23.2. The maximum absolute atomic E-state index is 12.5. The van der Waals surface area contributed by atoms with Crippen LogP contribution in [0.25, 0.3) is 0 Å². The minimum Gasteiger partial charge on any atom is -0.411 e. The van der Waals surface area contributed by atoms with Gasteiger partial charge in [0.05, 0.1) is 10.6 Å². The highest BCUT2D eigenvalue weighted by atomic mass is 32.2. The van der Waals surface area contributed by atoms with E-state index in [-0.39, 0.29) is 0 Å². The fourth-order valence-corrected chi connectivity index (χ4v) is 4.15. The second kappa shape index (κ2) is 5.10. The van der Waals surface area contributed by atoms with E-state index in [2.05, 4.69) is 5.16 Å². The predicted octanol–water partition coefficient (Wildman–Crippen LogP) is 2.54. The van der Waals surface area contributed by atoms with E-state index in [1.807, 2.05) is 6.92 Å². The van der Waals surface area contributed by atoms with Gasteiger partial charge in [-0.3, -0.25) is 0 Å². The summed E-state index contributed by atoms with van der Waals surface area (Å²) < 4.78 is 25.0. The molecule has 0 aliphatic heterocycles. The summed E-state index contributed by atoms with van der Waals surface area (Å²) in [5, 5.41) is 11.4. The summed E-state index contributed by atoms with van der Waals surface area (Å²) >= 11 is 0. The van der Waals surface area contributed by atoms with Crippen LogP contribution in [0.2, 0.25) is 0 Å². The van der Waals surface area contributed by atoms with E-state index in [0.717, 1.165) is 18.4 Å². The molecule has 0 saturated heterocycles. The molecular weight excluding hydrogens is 250 g/mol. The van der Waals surface area contributed by atoms with E-state index in [9.17, 15) is 8.42 Å². The monoisotopic (exact) mass is 267 g/mol. The second-order valence-electron chi connectivity index (χ2n) is 4.68. The molecule has 0 bridgehead atoms.